The number of hydrogen-bond acceptors (Lipinski definition) is 5. The second kappa shape index (κ2) is 16.2. The highest BCUT2D eigenvalue weighted by Gasteiger charge is 2.19. The molecule has 0 aliphatic carbocycles. The Morgan fingerprint density at radius 3 is 2.02 bits per heavy atom. The Morgan fingerprint density at radius 1 is 0.786 bits per heavy atom. The third kappa shape index (κ3) is 9.11. The van der Waals surface area contributed by atoms with E-state index in [-0.39, 0.29) is 5.92 Å². The highest BCUT2D eigenvalue weighted by molar-refractivity contribution is 5.93. The Kier molecular flexibility index (Phi) is 11.8. The van der Waals surface area contributed by atoms with Crippen molar-refractivity contribution in [2.75, 3.05) is 33.4 Å². The molecule has 4 aromatic carbocycles. The number of nitrogens with zero attached hydrogens (tertiary/aromatic N) is 1. The van der Waals surface area contributed by atoms with Crippen molar-refractivity contribution in [2.45, 2.75) is 38.6 Å². The van der Waals surface area contributed by atoms with Crippen molar-refractivity contribution in [3.05, 3.63) is 125 Å². The molecule has 0 radical (unpaired) electrons. The van der Waals surface area contributed by atoms with E-state index >= 15 is 0 Å². The molecular weight excluding hydrogens is 524 g/mol. The molecule has 0 aromatic heterocycles. The quantitative estimate of drug-likeness (QED) is 0.138. The SMILES string of the molecule is CCCCOc1ccc(CN(CCCOc2cc(C(N)=O)ccc2OC)CC(c2ccccc2)c2ccccc2)cc1. The molecule has 2 N–H and O–H groups in total. The number of rotatable bonds is 17. The minimum absolute atomic E-state index is 0.220. The number of carbonyl (C=O) groups is 1. The second-order valence-electron chi connectivity index (χ2n) is 10.4. The molecule has 0 saturated carbocycles. The summed E-state index contributed by atoms with van der Waals surface area (Å²) in [4.78, 5) is 14.2. The molecular formula is C36H42N2O4. The molecule has 220 valence electrons. The molecule has 0 aliphatic heterocycles. The summed E-state index contributed by atoms with van der Waals surface area (Å²) in [5.41, 5.74) is 9.68. The van der Waals surface area contributed by atoms with Crippen molar-refractivity contribution >= 4 is 5.91 Å². The summed E-state index contributed by atoms with van der Waals surface area (Å²) in [7, 11) is 1.58. The number of unbranched alkanes of at least 4 members (excludes halogenated alkanes) is 1. The van der Waals surface area contributed by atoms with E-state index in [2.05, 4.69) is 96.8 Å². The van der Waals surface area contributed by atoms with Gasteiger partial charge in [-0.1, -0.05) is 86.1 Å². The van der Waals surface area contributed by atoms with E-state index in [4.69, 9.17) is 19.9 Å². The first-order valence-corrected chi connectivity index (χ1v) is 14.7. The topological polar surface area (TPSA) is 74.0 Å². The minimum Gasteiger partial charge on any atom is -0.494 e. The molecule has 0 bridgehead atoms. The Labute approximate surface area is 250 Å². The van der Waals surface area contributed by atoms with Crippen LogP contribution >= 0.6 is 0 Å². The highest BCUT2D eigenvalue weighted by Crippen LogP contribution is 2.29. The first-order chi connectivity index (χ1) is 20.6. The predicted molar refractivity (Wildman–Crippen MR) is 168 cm³/mol. The van der Waals surface area contributed by atoms with E-state index < -0.39 is 5.91 Å². The number of ether oxygens (including phenoxy) is 3. The fraction of sp³-hybridized carbons (Fsp3) is 0.306. The summed E-state index contributed by atoms with van der Waals surface area (Å²) >= 11 is 0. The monoisotopic (exact) mass is 566 g/mol. The van der Waals surface area contributed by atoms with Gasteiger partial charge in [-0.2, -0.15) is 0 Å². The van der Waals surface area contributed by atoms with Crippen LogP contribution in [0.25, 0.3) is 0 Å². The molecule has 0 spiro atoms. The van der Waals surface area contributed by atoms with Gasteiger partial charge in [0.2, 0.25) is 5.91 Å². The zero-order chi connectivity index (χ0) is 29.6. The largest absolute Gasteiger partial charge is 0.494 e. The van der Waals surface area contributed by atoms with Gasteiger partial charge in [-0.3, -0.25) is 9.69 Å². The summed E-state index contributed by atoms with van der Waals surface area (Å²) in [6.07, 6.45) is 2.96. The number of amides is 1. The molecule has 0 unspecified atom stereocenters. The smallest absolute Gasteiger partial charge is 0.248 e. The molecule has 0 aliphatic rings. The summed E-state index contributed by atoms with van der Waals surface area (Å²) < 4.78 is 17.4. The van der Waals surface area contributed by atoms with Gasteiger partial charge in [0.25, 0.3) is 0 Å². The average Bonchev–Trinajstić information content (AvgIpc) is 3.03. The van der Waals surface area contributed by atoms with Crippen LogP contribution in [0.5, 0.6) is 17.2 Å². The molecule has 4 aromatic rings. The van der Waals surface area contributed by atoms with Crippen LogP contribution in [0.4, 0.5) is 0 Å². The van der Waals surface area contributed by atoms with E-state index in [0.717, 1.165) is 51.3 Å². The van der Waals surface area contributed by atoms with Crippen LogP contribution in [-0.4, -0.2) is 44.2 Å². The number of nitrogens with two attached hydrogens (primary N) is 1. The molecule has 6 nitrogen and oxygen atoms in total. The molecule has 42 heavy (non-hydrogen) atoms. The maximum absolute atomic E-state index is 11.7. The normalized spacial score (nSPS) is 11.0. The molecule has 4 rings (SSSR count). The number of methoxy groups -OCH3 is 1. The van der Waals surface area contributed by atoms with E-state index in [0.29, 0.717) is 23.7 Å². The molecule has 0 atom stereocenters. The van der Waals surface area contributed by atoms with Gasteiger partial charge in [-0.15, -0.1) is 0 Å². The fourth-order valence-corrected chi connectivity index (χ4v) is 4.96. The number of benzene rings is 4. The minimum atomic E-state index is -0.497. The van der Waals surface area contributed by atoms with Crippen LogP contribution in [0.3, 0.4) is 0 Å². The van der Waals surface area contributed by atoms with E-state index in [1.54, 1.807) is 25.3 Å². The highest BCUT2D eigenvalue weighted by atomic mass is 16.5. The van der Waals surface area contributed by atoms with Gasteiger partial charge >= 0.3 is 0 Å². The zero-order valence-electron chi connectivity index (χ0n) is 24.7. The van der Waals surface area contributed by atoms with Gasteiger partial charge in [0, 0.05) is 31.1 Å². The van der Waals surface area contributed by atoms with Crippen molar-refractivity contribution < 1.29 is 19.0 Å². The molecule has 1 amide bonds. The zero-order valence-corrected chi connectivity index (χ0v) is 24.7. The lowest BCUT2D eigenvalue weighted by Crippen LogP contribution is -2.30. The third-order valence-electron chi connectivity index (χ3n) is 7.27. The Hall–Kier alpha value is -4.29. The van der Waals surface area contributed by atoms with Crippen molar-refractivity contribution in [1.82, 2.24) is 4.90 Å². The van der Waals surface area contributed by atoms with Crippen molar-refractivity contribution in [1.29, 1.82) is 0 Å². The summed E-state index contributed by atoms with van der Waals surface area (Å²) in [5.74, 6) is 1.73. The summed E-state index contributed by atoms with van der Waals surface area (Å²) in [6, 6.07) is 34.8. The fourth-order valence-electron chi connectivity index (χ4n) is 4.96. The van der Waals surface area contributed by atoms with Gasteiger partial charge in [0.05, 0.1) is 20.3 Å². The van der Waals surface area contributed by atoms with Crippen molar-refractivity contribution in [3.63, 3.8) is 0 Å². The molecule has 0 fully saturated rings. The van der Waals surface area contributed by atoms with Crippen LogP contribution in [0.2, 0.25) is 0 Å². The van der Waals surface area contributed by atoms with Crippen LogP contribution in [0, 0.1) is 0 Å². The van der Waals surface area contributed by atoms with Gasteiger partial charge in [0.15, 0.2) is 11.5 Å². The third-order valence-corrected chi connectivity index (χ3v) is 7.27. The lowest BCUT2D eigenvalue weighted by Gasteiger charge is -2.28. The van der Waals surface area contributed by atoms with Crippen LogP contribution in [0.15, 0.2) is 103 Å². The van der Waals surface area contributed by atoms with Gasteiger partial charge in [0.1, 0.15) is 5.75 Å². The van der Waals surface area contributed by atoms with Crippen molar-refractivity contribution in [3.8, 4) is 17.2 Å². The lowest BCUT2D eigenvalue weighted by atomic mass is 9.90. The van der Waals surface area contributed by atoms with Gasteiger partial charge in [-0.05, 0) is 59.9 Å². The van der Waals surface area contributed by atoms with Gasteiger partial charge < -0.3 is 19.9 Å². The summed E-state index contributed by atoms with van der Waals surface area (Å²) in [6.45, 7) is 5.85. The standard InChI is InChI=1S/C36H42N2O4/c1-3-4-23-41-32-19-16-28(17-20-32)26-38(22-11-24-42-35-25-31(36(37)39)18-21-34(35)40-2)27-33(29-12-7-5-8-13-29)30-14-9-6-10-15-30/h5-10,12-21,25,33H,3-4,11,22-24,26-27H2,1-2H3,(H2,37,39). The molecule has 6 heteroatoms. The van der Waals surface area contributed by atoms with Crippen LogP contribution in [0.1, 0.15) is 59.2 Å². The van der Waals surface area contributed by atoms with E-state index in [1.807, 2.05) is 0 Å². The Balaban J connectivity index is 1.49. The van der Waals surface area contributed by atoms with Crippen LogP contribution < -0.4 is 19.9 Å². The number of hydrogen-bond donors (Lipinski definition) is 1. The second-order valence-corrected chi connectivity index (χ2v) is 10.4. The van der Waals surface area contributed by atoms with Crippen LogP contribution in [-0.2, 0) is 6.54 Å². The van der Waals surface area contributed by atoms with Gasteiger partial charge in [-0.25, -0.2) is 0 Å². The average molecular weight is 567 g/mol. The lowest BCUT2D eigenvalue weighted by molar-refractivity contribution is 0.0999. The Bertz CT molecular complexity index is 1320. The van der Waals surface area contributed by atoms with E-state index in [1.165, 1.54) is 16.7 Å². The number of primary amides is 1. The van der Waals surface area contributed by atoms with E-state index in [9.17, 15) is 4.79 Å². The Morgan fingerprint density at radius 2 is 1.43 bits per heavy atom. The number of carbonyl (C=O) groups excluding carboxylic acids is 1. The maximum Gasteiger partial charge on any atom is 0.248 e. The first kappa shape index (κ1) is 30.7. The molecule has 0 heterocycles. The first-order valence-electron chi connectivity index (χ1n) is 14.7. The van der Waals surface area contributed by atoms with Crippen molar-refractivity contribution in [2.24, 2.45) is 5.73 Å². The summed E-state index contributed by atoms with van der Waals surface area (Å²) in [5, 5.41) is 0. The predicted octanol–water partition coefficient (Wildman–Crippen LogP) is 7.08. The molecule has 0 saturated heterocycles. The maximum atomic E-state index is 11.7.